The summed E-state index contributed by atoms with van der Waals surface area (Å²) >= 11 is 0. The molecule has 2 N–H and O–H groups in total. The van der Waals surface area contributed by atoms with Crippen LogP contribution in [0.2, 0.25) is 0 Å². The summed E-state index contributed by atoms with van der Waals surface area (Å²) in [5.74, 6) is -2.92. The SMILES string of the molecule is CCOC(=O)/C(C#N)=C(\O)c1cc(OC)c(O)c([N+](=O)[O-])c1. The summed E-state index contributed by atoms with van der Waals surface area (Å²) in [6.45, 7) is 1.49. The Balaban J connectivity index is 3.54. The van der Waals surface area contributed by atoms with Crippen molar-refractivity contribution in [2.45, 2.75) is 6.92 Å². The van der Waals surface area contributed by atoms with E-state index in [0.717, 1.165) is 19.2 Å². The first-order valence-electron chi connectivity index (χ1n) is 5.93. The number of nitriles is 1. The largest absolute Gasteiger partial charge is 0.506 e. The van der Waals surface area contributed by atoms with E-state index < -0.39 is 33.7 Å². The zero-order chi connectivity index (χ0) is 16.9. The van der Waals surface area contributed by atoms with Gasteiger partial charge in [-0.15, -0.1) is 0 Å². The number of aromatic hydroxyl groups is 1. The maximum atomic E-state index is 11.6. The van der Waals surface area contributed by atoms with E-state index in [0.29, 0.717) is 0 Å². The van der Waals surface area contributed by atoms with Crippen LogP contribution in [0.1, 0.15) is 12.5 Å². The zero-order valence-corrected chi connectivity index (χ0v) is 11.7. The summed E-state index contributed by atoms with van der Waals surface area (Å²) in [4.78, 5) is 21.5. The lowest BCUT2D eigenvalue weighted by molar-refractivity contribution is -0.386. The number of esters is 1. The second kappa shape index (κ2) is 6.94. The predicted molar refractivity (Wildman–Crippen MR) is 73.1 cm³/mol. The summed E-state index contributed by atoms with van der Waals surface area (Å²) < 4.78 is 9.36. The number of aliphatic hydroxyl groups excluding tert-OH is 1. The first kappa shape index (κ1) is 16.8. The molecule has 0 heterocycles. The van der Waals surface area contributed by atoms with Gasteiger partial charge < -0.3 is 19.7 Å². The van der Waals surface area contributed by atoms with Crippen LogP contribution in [-0.2, 0) is 9.53 Å². The molecule has 0 aliphatic rings. The van der Waals surface area contributed by atoms with Crippen molar-refractivity contribution in [2.24, 2.45) is 0 Å². The Kier molecular flexibility index (Phi) is 5.29. The third-order valence-electron chi connectivity index (χ3n) is 2.57. The molecule has 0 amide bonds. The number of hydrogen-bond acceptors (Lipinski definition) is 8. The predicted octanol–water partition coefficient (Wildman–Crippen LogP) is 1.66. The van der Waals surface area contributed by atoms with Gasteiger partial charge in [-0.1, -0.05) is 0 Å². The van der Waals surface area contributed by atoms with Gasteiger partial charge in [-0.05, 0) is 13.0 Å². The van der Waals surface area contributed by atoms with Gasteiger partial charge in [0.05, 0.1) is 18.6 Å². The number of phenols is 1. The van der Waals surface area contributed by atoms with Gasteiger partial charge in [-0.25, -0.2) is 4.79 Å². The molecule has 0 saturated carbocycles. The molecule has 1 aromatic carbocycles. The summed E-state index contributed by atoms with van der Waals surface area (Å²) in [5, 5.41) is 39.4. The quantitative estimate of drug-likeness (QED) is 0.209. The third-order valence-corrected chi connectivity index (χ3v) is 2.57. The van der Waals surface area contributed by atoms with Crippen molar-refractivity contribution >= 4 is 17.4 Å². The molecular formula is C13H12N2O7. The highest BCUT2D eigenvalue weighted by atomic mass is 16.6. The highest BCUT2D eigenvalue weighted by Gasteiger charge is 2.24. The monoisotopic (exact) mass is 308 g/mol. The number of ether oxygens (including phenoxy) is 2. The van der Waals surface area contributed by atoms with E-state index >= 15 is 0 Å². The Labute approximate surface area is 124 Å². The number of benzene rings is 1. The highest BCUT2D eigenvalue weighted by molar-refractivity contribution is 6.00. The van der Waals surface area contributed by atoms with Crippen molar-refractivity contribution in [3.63, 3.8) is 0 Å². The van der Waals surface area contributed by atoms with Crippen molar-refractivity contribution in [2.75, 3.05) is 13.7 Å². The molecule has 116 valence electrons. The molecule has 22 heavy (non-hydrogen) atoms. The van der Waals surface area contributed by atoms with Gasteiger partial charge in [0.1, 0.15) is 11.8 Å². The number of nitro groups is 1. The fraction of sp³-hybridized carbons (Fsp3) is 0.231. The summed E-state index contributed by atoms with van der Waals surface area (Å²) in [5.41, 5.74) is -1.71. The lowest BCUT2D eigenvalue weighted by Gasteiger charge is -2.08. The minimum Gasteiger partial charge on any atom is -0.506 e. The van der Waals surface area contributed by atoms with Crippen molar-refractivity contribution in [1.82, 2.24) is 0 Å². The molecule has 0 bridgehead atoms. The molecule has 1 aromatic rings. The molecular weight excluding hydrogens is 296 g/mol. The van der Waals surface area contributed by atoms with Crippen LogP contribution in [0.25, 0.3) is 5.76 Å². The molecule has 0 aromatic heterocycles. The summed E-state index contributed by atoms with van der Waals surface area (Å²) in [6, 6.07) is 3.33. The van der Waals surface area contributed by atoms with Crippen LogP contribution in [0, 0.1) is 21.4 Å². The molecule has 0 aliphatic heterocycles. The van der Waals surface area contributed by atoms with Crippen LogP contribution < -0.4 is 4.74 Å². The number of methoxy groups -OCH3 is 1. The van der Waals surface area contributed by atoms with Gasteiger partial charge in [-0.3, -0.25) is 10.1 Å². The topological polar surface area (TPSA) is 143 Å². The Bertz CT molecular complexity index is 688. The molecule has 1 rings (SSSR count). The van der Waals surface area contributed by atoms with Crippen LogP contribution in [0.5, 0.6) is 11.5 Å². The number of hydrogen-bond donors (Lipinski definition) is 2. The average Bonchev–Trinajstić information content (AvgIpc) is 2.48. The van der Waals surface area contributed by atoms with Gasteiger partial charge in [0, 0.05) is 11.6 Å². The van der Waals surface area contributed by atoms with Crippen LogP contribution in [0.3, 0.4) is 0 Å². The van der Waals surface area contributed by atoms with Crippen molar-refractivity contribution in [3.05, 3.63) is 33.4 Å². The Morgan fingerprint density at radius 2 is 2.14 bits per heavy atom. The highest BCUT2D eigenvalue weighted by Crippen LogP contribution is 2.38. The van der Waals surface area contributed by atoms with E-state index in [9.17, 15) is 25.1 Å². The Hall–Kier alpha value is -3.28. The number of nitrogens with zero attached hydrogens (tertiary/aromatic N) is 2. The number of carbonyl (C=O) groups excluding carboxylic acids is 1. The molecule has 0 aliphatic carbocycles. The van der Waals surface area contributed by atoms with Crippen molar-refractivity contribution < 1.29 is 29.4 Å². The second-order valence-corrected chi connectivity index (χ2v) is 3.86. The molecule has 0 radical (unpaired) electrons. The lowest BCUT2D eigenvalue weighted by atomic mass is 10.1. The van der Waals surface area contributed by atoms with E-state index in [1.165, 1.54) is 13.0 Å². The fourth-order valence-electron chi connectivity index (χ4n) is 1.57. The Morgan fingerprint density at radius 3 is 2.59 bits per heavy atom. The fourth-order valence-corrected chi connectivity index (χ4v) is 1.57. The number of nitro benzene ring substituents is 1. The van der Waals surface area contributed by atoms with Crippen molar-refractivity contribution in [3.8, 4) is 17.6 Å². The maximum Gasteiger partial charge on any atom is 0.352 e. The molecule has 9 heteroatoms. The maximum absolute atomic E-state index is 11.6. The average molecular weight is 308 g/mol. The van der Waals surface area contributed by atoms with Gasteiger partial charge in [-0.2, -0.15) is 5.26 Å². The molecule has 0 saturated heterocycles. The number of carbonyl (C=O) groups is 1. The van der Waals surface area contributed by atoms with Gasteiger partial charge in [0.2, 0.25) is 5.75 Å². The molecule has 0 fully saturated rings. The number of rotatable bonds is 5. The van der Waals surface area contributed by atoms with Crippen LogP contribution in [0.15, 0.2) is 17.7 Å². The zero-order valence-electron chi connectivity index (χ0n) is 11.7. The minimum atomic E-state index is -1.07. The molecule has 9 nitrogen and oxygen atoms in total. The lowest BCUT2D eigenvalue weighted by Crippen LogP contribution is -2.09. The van der Waals surface area contributed by atoms with E-state index in [2.05, 4.69) is 4.74 Å². The van der Waals surface area contributed by atoms with Crippen LogP contribution >= 0.6 is 0 Å². The third kappa shape index (κ3) is 3.24. The van der Waals surface area contributed by atoms with Crippen molar-refractivity contribution in [1.29, 1.82) is 5.26 Å². The van der Waals surface area contributed by atoms with E-state index in [-0.39, 0.29) is 17.9 Å². The number of aliphatic hydroxyl groups is 1. The van der Waals surface area contributed by atoms with E-state index in [4.69, 9.17) is 10.00 Å². The van der Waals surface area contributed by atoms with Crippen LogP contribution in [-0.4, -0.2) is 34.8 Å². The first-order chi connectivity index (χ1) is 10.4. The normalized spacial score (nSPS) is 11.1. The van der Waals surface area contributed by atoms with E-state index in [1.807, 2.05) is 0 Å². The van der Waals surface area contributed by atoms with E-state index in [1.54, 1.807) is 0 Å². The molecule has 0 spiro atoms. The molecule has 0 unspecified atom stereocenters. The smallest absolute Gasteiger partial charge is 0.352 e. The summed E-state index contributed by atoms with van der Waals surface area (Å²) in [7, 11) is 1.15. The van der Waals surface area contributed by atoms with Gasteiger partial charge in [0.25, 0.3) is 0 Å². The van der Waals surface area contributed by atoms with Gasteiger partial charge >= 0.3 is 11.7 Å². The van der Waals surface area contributed by atoms with Crippen LogP contribution in [0.4, 0.5) is 5.69 Å². The molecule has 0 atom stereocenters. The second-order valence-electron chi connectivity index (χ2n) is 3.86. The number of phenolic OH excluding ortho intramolecular Hbond substituents is 1. The summed E-state index contributed by atoms with van der Waals surface area (Å²) in [6.07, 6.45) is 0. The minimum absolute atomic E-state index is 0.0175. The Morgan fingerprint density at radius 1 is 1.50 bits per heavy atom. The standard InChI is InChI=1S/C13H12N2O7/c1-3-22-13(18)8(6-14)11(16)7-4-9(15(19)20)12(17)10(5-7)21-2/h4-5,16-17H,3H2,1-2H3/b11-8-. The van der Waals surface area contributed by atoms with Gasteiger partial charge in [0.15, 0.2) is 11.3 Å². The first-order valence-corrected chi connectivity index (χ1v) is 5.93.